The number of carbonyl (C=O) groups excluding carboxylic acids is 1. The maximum absolute atomic E-state index is 12.9. The van der Waals surface area contributed by atoms with E-state index in [2.05, 4.69) is 4.98 Å². The molecule has 2 N–H and O–H groups in total. The molecule has 0 radical (unpaired) electrons. The molecule has 1 heterocycles. The van der Waals surface area contributed by atoms with Crippen LogP contribution in [0, 0.1) is 11.3 Å². The van der Waals surface area contributed by atoms with Crippen molar-refractivity contribution in [2.24, 2.45) is 5.73 Å². The number of hydrogen-bond donors (Lipinski definition) is 1. The van der Waals surface area contributed by atoms with Crippen LogP contribution in [0.1, 0.15) is 27.2 Å². The van der Waals surface area contributed by atoms with E-state index >= 15 is 0 Å². The van der Waals surface area contributed by atoms with Gasteiger partial charge in [-0.1, -0.05) is 23.9 Å². The lowest BCUT2D eigenvalue weighted by atomic mass is 10.2. The molecule has 0 amide bonds. The number of ketones is 1. The fourth-order valence-electron chi connectivity index (χ4n) is 2.57. The largest absolute Gasteiger partial charge is 0.401 e. The van der Waals surface area contributed by atoms with Crippen molar-refractivity contribution in [1.82, 2.24) is 9.55 Å². The lowest BCUT2D eigenvalue weighted by molar-refractivity contribution is -0.112. The number of nitrogens with two attached hydrogens (primary N) is 1. The van der Waals surface area contributed by atoms with Crippen molar-refractivity contribution in [2.75, 3.05) is 12.4 Å². The van der Waals surface area contributed by atoms with E-state index in [0.717, 1.165) is 11.8 Å². The Hall–Kier alpha value is -2.63. The molecule has 2 rings (SSSR count). The van der Waals surface area contributed by atoms with Crippen LogP contribution in [0.2, 0.25) is 0 Å². The number of Topliss-reactive ketones (excluding diaryl/α,β-unsaturated/α-hetero) is 1. The summed E-state index contributed by atoms with van der Waals surface area (Å²) in [5, 5.41) is 10.1. The van der Waals surface area contributed by atoms with Crippen LogP contribution in [0.5, 0.6) is 0 Å². The fraction of sp³-hybridized carbons (Fsp3) is 0.400. The average molecular weight is 401 g/mol. The van der Waals surface area contributed by atoms with Crippen LogP contribution < -0.4 is 11.3 Å². The van der Waals surface area contributed by atoms with E-state index in [4.69, 9.17) is 15.7 Å². The van der Waals surface area contributed by atoms with Gasteiger partial charge in [-0.3, -0.25) is 14.2 Å². The molecule has 1 aromatic heterocycles. The molecule has 0 spiro atoms. The number of thioether (sulfide) groups is 1. The third kappa shape index (κ3) is 5.44. The van der Waals surface area contributed by atoms with Gasteiger partial charge in [0.1, 0.15) is 11.6 Å². The van der Waals surface area contributed by atoms with Gasteiger partial charge in [0, 0.05) is 18.8 Å². The molecule has 0 atom stereocenters. The molecule has 0 aliphatic heterocycles. The maximum atomic E-state index is 12.9. The predicted molar refractivity (Wildman–Crippen MR) is 110 cm³/mol. The smallest absolute Gasteiger partial charge is 0.262 e. The second kappa shape index (κ2) is 10.1. The zero-order chi connectivity index (χ0) is 20.7. The van der Waals surface area contributed by atoms with Crippen molar-refractivity contribution in [2.45, 2.75) is 45.0 Å². The summed E-state index contributed by atoms with van der Waals surface area (Å²) in [7, 11) is 0. The summed E-state index contributed by atoms with van der Waals surface area (Å²) in [6.07, 6.45) is 0.763. The monoisotopic (exact) mass is 400 g/mol. The molecule has 28 heavy (non-hydrogen) atoms. The highest BCUT2D eigenvalue weighted by atomic mass is 32.2. The zero-order valence-corrected chi connectivity index (χ0v) is 17.1. The molecule has 0 saturated heterocycles. The molecule has 7 nitrogen and oxygen atoms in total. The number of aromatic nitrogens is 2. The molecular formula is C20H24N4O3S. The first-order valence-corrected chi connectivity index (χ1v) is 9.97. The Balaban J connectivity index is 2.30. The number of rotatable bonds is 9. The number of benzene rings is 1. The van der Waals surface area contributed by atoms with E-state index in [-0.39, 0.29) is 34.5 Å². The highest BCUT2D eigenvalue weighted by Gasteiger charge is 2.16. The molecule has 0 saturated carbocycles. The Morgan fingerprint density at radius 1 is 1.39 bits per heavy atom. The molecule has 0 fully saturated rings. The Bertz CT molecular complexity index is 985. The number of fused-ring (bicyclic) bond motifs is 1. The highest BCUT2D eigenvalue weighted by molar-refractivity contribution is 7.99. The minimum atomic E-state index is -0.385. The van der Waals surface area contributed by atoms with E-state index in [9.17, 15) is 9.59 Å². The number of ether oxygens (including phenoxy) is 1. The van der Waals surface area contributed by atoms with Crippen LogP contribution in [0.15, 0.2) is 45.5 Å². The van der Waals surface area contributed by atoms with Crippen LogP contribution in [-0.4, -0.2) is 33.8 Å². The van der Waals surface area contributed by atoms with Crippen molar-refractivity contribution in [3.63, 3.8) is 0 Å². The second-order valence-corrected chi connectivity index (χ2v) is 7.47. The van der Waals surface area contributed by atoms with Crippen LogP contribution in [0.4, 0.5) is 0 Å². The SMILES string of the molecule is C/C(N)=C(/C#N)C(=O)CSc1nc2ccccc2c(=O)n1CCCOC(C)C. The van der Waals surface area contributed by atoms with Crippen LogP contribution >= 0.6 is 11.8 Å². The van der Waals surface area contributed by atoms with Gasteiger partial charge in [-0.2, -0.15) is 5.26 Å². The first kappa shape index (κ1) is 21.7. The normalized spacial score (nSPS) is 12.1. The topological polar surface area (TPSA) is 111 Å². The molecule has 0 aliphatic rings. The molecule has 0 bridgehead atoms. The van der Waals surface area contributed by atoms with Crippen molar-refractivity contribution >= 4 is 28.4 Å². The number of nitriles is 1. The summed E-state index contributed by atoms with van der Waals surface area (Å²) in [5.41, 5.74) is 6.13. The highest BCUT2D eigenvalue weighted by Crippen LogP contribution is 2.19. The summed E-state index contributed by atoms with van der Waals surface area (Å²) in [6.45, 7) is 6.37. The van der Waals surface area contributed by atoms with E-state index in [1.54, 1.807) is 22.8 Å². The van der Waals surface area contributed by atoms with E-state index in [1.165, 1.54) is 6.92 Å². The van der Waals surface area contributed by atoms with Crippen molar-refractivity contribution in [3.05, 3.63) is 45.9 Å². The van der Waals surface area contributed by atoms with Crippen LogP contribution in [0.3, 0.4) is 0 Å². The van der Waals surface area contributed by atoms with Gasteiger partial charge in [0.15, 0.2) is 10.9 Å². The standard InChI is InChI=1S/C20H24N4O3S/c1-13(2)27-10-6-9-24-19(26)15-7-4-5-8-17(15)23-20(24)28-12-18(25)16(11-21)14(3)22/h4-5,7-8,13H,6,9-10,12,22H2,1-3H3/b16-14+. The van der Waals surface area contributed by atoms with E-state index in [1.807, 2.05) is 26.0 Å². The Labute approximate surface area is 168 Å². The minimum Gasteiger partial charge on any atom is -0.401 e. The summed E-state index contributed by atoms with van der Waals surface area (Å²) < 4.78 is 7.11. The van der Waals surface area contributed by atoms with Crippen LogP contribution in [-0.2, 0) is 16.1 Å². The quantitative estimate of drug-likeness (QED) is 0.226. The lowest BCUT2D eigenvalue weighted by Gasteiger charge is -2.13. The van der Waals surface area contributed by atoms with Gasteiger partial charge in [0.05, 0.1) is 22.8 Å². The molecule has 1 aromatic carbocycles. The molecule has 8 heteroatoms. The Morgan fingerprint density at radius 2 is 2.11 bits per heavy atom. The van der Waals surface area contributed by atoms with Crippen LogP contribution in [0.25, 0.3) is 10.9 Å². The Morgan fingerprint density at radius 3 is 2.75 bits per heavy atom. The number of nitrogens with zero attached hydrogens (tertiary/aromatic N) is 3. The molecule has 148 valence electrons. The van der Waals surface area contributed by atoms with Gasteiger partial charge in [-0.25, -0.2) is 4.98 Å². The third-order valence-corrected chi connectivity index (χ3v) is 4.90. The van der Waals surface area contributed by atoms with Gasteiger partial charge in [-0.15, -0.1) is 0 Å². The fourth-order valence-corrected chi connectivity index (χ4v) is 3.47. The van der Waals surface area contributed by atoms with E-state index in [0.29, 0.717) is 35.6 Å². The summed E-state index contributed by atoms with van der Waals surface area (Å²) >= 11 is 1.13. The molecular weight excluding hydrogens is 376 g/mol. The predicted octanol–water partition coefficient (Wildman–Crippen LogP) is 2.63. The van der Waals surface area contributed by atoms with Crippen molar-refractivity contribution < 1.29 is 9.53 Å². The molecule has 0 unspecified atom stereocenters. The third-order valence-electron chi connectivity index (χ3n) is 3.92. The van der Waals surface area contributed by atoms with Gasteiger partial charge in [0.2, 0.25) is 0 Å². The lowest BCUT2D eigenvalue weighted by Crippen LogP contribution is -2.25. The number of para-hydroxylation sites is 1. The minimum absolute atomic E-state index is 0.0231. The first-order valence-electron chi connectivity index (χ1n) is 8.98. The summed E-state index contributed by atoms with van der Waals surface area (Å²) in [4.78, 5) is 29.7. The molecule has 0 aliphatic carbocycles. The average Bonchev–Trinajstić information content (AvgIpc) is 2.65. The van der Waals surface area contributed by atoms with Gasteiger partial charge < -0.3 is 10.5 Å². The van der Waals surface area contributed by atoms with Gasteiger partial charge >= 0.3 is 0 Å². The number of carbonyl (C=O) groups is 1. The first-order chi connectivity index (χ1) is 13.3. The Kier molecular flexibility index (Phi) is 7.79. The van der Waals surface area contributed by atoms with E-state index < -0.39 is 0 Å². The summed E-state index contributed by atoms with van der Waals surface area (Å²) in [5.74, 6) is -0.408. The number of allylic oxidation sites excluding steroid dienone is 2. The zero-order valence-electron chi connectivity index (χ0n) is 16.3. The maximum Gasteiger partial charge on any atom is 0.262 e. The summed E-state index contributed by atoms with van der Waals surface area (Å²) in [6, 6.07) is 8.93. The van der Waals surface area contributed by atoms with Gasteiger partial charge in [-0.05, 0) is 39.3 Å². The molecule has 2 aromatic rings. The van der Waals surface area contributed by atoms with Crippen molar-refractivity contribution in [3.8, 4) is 6.07 Å². The number of hydrogen-bond acceptors (Lipinski definition) is 7. The van der Waals surface area contributed by atoms with Crippen molar-refractivity contribution in [1.29, 1.82) is 5.26 Å². The van der Waals surface area contributed by atoms with Gasteiger partial charge in [0.25, 0.3) is 5.56 Å². The second-order valence-electron chi connectivity index (χ2n) is 6.52.